The van der Waals surface area contributed by atoms with Crippen LogP contribution in [-0.4, -0.2) is 17.9 Å². The SMILES string of the molecule is COc1cc(-c2ccccc2)nc2cc(C(=O)C(C#N)C#N)ccc12. The molecule has 0 fully saturated rings. The largest absolute Gasteiger partial charge is 0.496 e. The maximum absolute atomic E-state index is 12.3. The Kier molecular flexibility index (Phi) is 4.41. The summed E-state index contributed by atoms with van der Waals surface area (Å²) in [4.78, 5) is 16.9. The summed E-state index contributed by atoms with van der Waals surface area (Å²) in [6.45, 7) is 0. The van der Waals surface area contributed by atoms with E-state index in [1.807, 2.05) is 36.4 Å². The Bertz CT molecular complexity index is 1020. The van der Waals surface area contributed by atoms with Crippen molar-refractivity contribution in [1.82, 2.24) is 4.98 Å². The highest BCUT2D eigenvalue weighted by Crippen LogP contribution is 2.30. The molecule has 0 aliphatic carbocycles. The standard InChI is InChI=1S/C20H13N3O2/c1-25-19-10-17(13-5-3-2-4-6-13)23-18-9-14(7-8-16(18)19)20(24)15(11-21)12-22/h2-10,15H,1H3. The van der Waals surface area contributed by atoms with Crippen LogP contribution in [0.15, 0.2) is 54.6 Å². The molecule has 1 aromatic heterocycles. The molecule has 0 atom stereocenters. The van der Waals surface area contributed by atoms with Gasteiger partial charge in [-0.25, -0.2) is 4.98 Å². The number of aromatic nitrogens is 1. The summed E-state index contributed by atoms with van der Waals surface area (Å²) in [5.74, 6) is -1.21. The maximum atomic E-state index is 12.3. The van der Waals surface area contributed by atoms with Gasteiger partial charge >= 0.3 is 0 Å². The molecule has 120 valence electrons. The number of Topliss-reactive ketones (excluding diaryl/α,β-unsaturated/α-hetero) is 1. The van der Waals surface area contributed by atoms with Crippen LogP contribution in [0, 0.1) is 28.6 Å². The Labute approximate surface area is 144 Å². The van der Waals surface area contributed by atoms with Crippen molar-refractivity contribution in [3.8, 4) is 29.1 Å². The highest BCUT2D eigenvalue weighted by molar-refractivity contribution is 6.04. The first-order valence-electron chi connectivity index (χ1n) is 7.55. The number of hydrogen-bond donors (Lipinski definition) is 0. The maximum Gasteiger partial charge on any atom is 0.195 e. The number of ether oxygens (including phenoxy) is 1. The molecule has 0 N–H and O–H groups in total. The lowest BCUT2D eigenvalue weighted by Gasteiger charge is -2.10. The topological polar surface area (TPSA) is 86.8 Å². The van der Waals surface area contributed by atoms with Crippen LogP contribution in [0.2, 0.25) is 0 Å². The molecule has 3 rings (SSSR count). The Morgan fingerprint density at radius 1 is 1.08 bits per heavy atom. The molecular formula is C20H13N3O2. The zero-order valence-corrected chi connectivity index (χ0v) is 13.4. The second-order valence-corrected chi connectivity index (χ2v) is 5.36. The Morgan fingerprint density at radius 3 is 2.44 bits per heavy atom. The van der Waals surface area contributed by atoms with E-state index < -0.39 is 11.7 Å². The average molecular weight is 327 g/mol. The van der Waals surface area contributed by atoms with E-state index in [0.29, 0.717) is 17.0 Å². The monoisotopic (exact) mass is 327 g/mol. The van der Waals surface area contributed by atoms with Gasteiger partial charge in [0.2, 0.25) is 0 Å². The number of hydrogen-bond acceptors (Lipinski definition) is 5. The minimum Gasteiger partial charge on any atom is -0.496 e. The van der Waals surface area contributed by atoms with E-state index in [1.54, 1.807) is 37.4 Å². The zero-order chi connectivity index (χ0) is 17.8. The number of nitrogens with zero attached hydrogens (tertiary/aromatic N) is 3. The Morgan fingerprint density at radius 2 is 1.80 bits per heavy atom. The molecule has 0 aliphatic heterocycles. The lowest BCUT2D eigenvalue weighted by molar-refractivity contribution is 0.0971. The minimum atomic E-state index is -1.32. The molecule has 3 aromatic rings. The molecule has 0 amide bonds. The lowest BCUT2D eigenvalue weighted by Crippen LogP contribution is -2.10. The first kappa shape index (κ1) is 16.2. The van der Waals surface area contributed by atoms with E-state index in [1.165, 1.54) is 0 Å². The number of carbonyl (C=O) groups is 1. The number of pyridine rings is 1. The molecule has 5 nitrogen and oxygen atoms in total. The minimum absolute atomic E-state index is 0.278. The molecule has 0 aliphatic rings. The van der Waals surface area contributed by atoms with Crippen LogP contribution in [0.4, 0.5) is 0 Å². The number of benzene rings is 2. The van der Waals surface area contributed by atoms with Crippen LogP contribution >= 0.6 is 0 Å². The van der Waals surface area contributed by atoms with Crippen LogP contribution in [0.1, 0.15) is 10.4 Å². The third kappa shape index (κ3) is 3.04. The van der Waals surface area contributed by atoms with Gasteiger partial charge in [-0.2, -0.15) is 10.5 Å². The lowest BCUT2D eigenvalue weighted by atomic mass is 9.98. The van der Waals surface area contributed by atoms with Gasteiger partial charge in [0.25, 0.3) is 0 Å². The second kappa shape index (κ2) is 6.82. The van der Waals surface area contributed by atoms with Gasteiger partial charge in [0.15, 0.2) is 11.7 Å². The number of nitriles is 2. The van der Waals surface area contributed by atoms with Gasteiger partial charge in [0, 0.05) is 22.6 Å². The van der Waals surface area contributed by atoms with E-state index in [4.69, 9.17) is 15.3 Å². The molecule has 5 heteroatoms. The number of carbonyl (C=O) groups excluding carboxylic acids is 1. The van der Waals surface area contributed by atoms with Crippen molar-refractivity contribution in [3.05, 3.63) is 60.2 Å². The smallest absolute Gasteiger partial charge is 0.195 e. The molecule has 2 aromatic carbocycles. The van der Waals surface area contributed by atoms with Crippen molar-refractivity contribution < 1.29 is 9.53 Å². The fourth-order valence-corrected chi connectivity index (χ4v) is 2.59. The van der Waals surface area contributed by atoms with Gasteiger partial charge < -0.3 is 4.74 Å². The van der Waals surface area contributed by atoms with Crippen molar-refractivity contribution in [2.45, 2.75) is 0 Å². The zero-order valence-electron chi connectivity index (χ0n) is 13.4. The molecular weight excluding hydrogens is 314 g/mol. The van der Waals surface area contributed by atoms with Crippen molar-refractivity contribution in [3.63, 3.8) is 0 Å². The van der Waals surface area contributed by atoms with Gasteiger partial charge in [-0.3, -0.25) is 4.79 Å². The molecule has 0 unspecified atom stereocenters. The molecule has 1 heterocycles. The van der Waals surface area contributed by atoms with Crippen molar-refractivity contribution >= 4 is 16.7 Å². The van der Waals surface area contributed by atoms with Crippen LogP contribution < -0.4 is 4.74 Å². The molecule has 0 saturated heterocycles. The highest BCUT2D eigenvalue weighted by atomic mass is 16.5. The fraction of sp³-hybridized carbons (Fsp3) is 0.100. The third-order valence-corrected chi connectivity index (χ3v) is 3.87. The molecule has 0 bridgehead atoms. The van der Waals surface area contributed by atoms with E-state index in [0.717, 1.165) is 10.9 Å². The molecule has 25 heavy (non-hydrogen) atoms. The van der Waals surface area contributed by atoms with Gasteiger partial charge in [-0.15, -0.1) is 0 Å². The average Bonchev–Trinajstić information content (AvgIpc) is 2.68. The van der Waals surface area contributed by atoms with Crippen molar-refractivity contribution in [2.75, 3.05) is 7.11 Å². The highest BCUT2D eigenvalue weighted by Gasteiger charge is 2.20. The second-order valence-electron chi connectivity index (χ2n) is 5.36. The van der Waals surface area contributed by atoms with Crippen LogP contribution in [0.3, 0.4) is 0 Å². The predicted molar refractivity (Wildman–Crippen MR) is 92.8 cm³/mol. The van der Waals surface area contributed by atoms with Gasteiger partial charge in [0.1, 0.15) is 5.75 Å². The van der Waals surface area contributed by atoms with Gasteiger partial charge in [0.05, 0.1) is 30.5 Å². The molecule has 0 saturated carbocycles. The van der Waals surface area contributed by atoms with E-state index in [9.17, 15) is 4.79 Å². The summed E-state index contributed by atoms with van der Waals surface area (Å²) in [6, 6.07) is 19.8. The fourth-order valence-electron chi connectivity index (χ4n) is 2.59. The first-order chi connectivity index (χ1) is 12.2. The molecule has 0 radical (unpaired) electrons. The van der Waals surface area contributed by atoms with E-state index in [2.05, 4.69) is 4.98 Å². The summed E-state index contributed by atoms with van der Waals surface area (Å²) in [6.07, 6.45) is 0. The van der Waals surface area contributed by atoms with E-state index in [-0.39, 0.29) is 5.56 Å². The number of ketones is 1. The Hall–Kier alpha value is -3.70. The number of methoxy groups -OCH3 is 1. The quantitative estimate of drug-likeness (QED) is 0.681. The molecule has 0 spiro atoms. The van der Waals surface area contributed by atoms with Crippen LogP contribution in [0.5, 0.6) is 5.75 Å². The third-order valence-electron chi connectivity index (χ3n) is 3.87. The van der Waals surface area contributed by atoms with Gasteiger partial charge in [-0.05, 0) is 12.1 Å². The van der Waals surface area contributed by atoms with Crippen molar-refractivity contribution in [1.29, 1.82) is 10.5 Å². The Balaban J connectivity index is 2.17. The summed E-state index contributed by atoms with van der Waals surface area (Å²) in [5, 5.41) is 18.6. The first-order valence-corrected chi connectivity index (χ1v) is 7.55. The predicted octanol–water partition coefficient (Wildman–Crippen LogP) is 3.76. The summed E-state index contributed by atoms with van der Waals surface area (Å²) in [7, 11) is 1.57. The summed E-state index contributed by atoms with van der Waals surface area (Å²) < 4.78 is 5.45. The summed E-state index contributed by atoms with van der Waals surface area (Å²) >= 11 is 0. The van der Waals surface area contributed by atoms with Crippen LogP contribution in [-0.2, 0) is 0 Å². The van der Waals surface area contributed by atoms with E-state index >= 15 is 0 Å². The summed E-state index contributed by atoms with van der Waals surface area (Å²) in [5.41, 5.74) is 2.48. The normalized spacial score (nSPS) is 10.2. The number of rotatable bonds is 4. The number of fused-ring (bicyclic) bond motifs is 1. The van der Waals surface area contributed by atoms with Gasteiger partial charge in [-0.1, -0.05) is 36.4 Å². The van der Waals surface area contributed by atoms with Crippen LogP contribution in [0.25, 0.3) is 22.2 Å². The van der Waals surface area contributed by atoms with Crippen molar-refractivity contribution in [2.24, 2.45) is 5.92 Å².